The summed E-state index contributed by atoms with van der Waals surface area (Å²) in [6.07, 6.45) is -10.2. The number of H-pyrrole nitrogens is 1. The van der Waals surface area contributed by atoms with Gasteiger partial charge >= 0.3 is 18.3 Å². The van der Waals surface area contributed by atoms with Crippen molar-refractivity contribution in [3.05, 3.63) is 88.1 Å². The summed E-state index contributed by atoms with van der Waals surface area (Å²) in [5.41, 5.74) is -3.80. The number of esters is 1. The molecule has 4 rings (SSSR count). The number of hydrogen-bond donors (Lipinski definition) is 2. The molecule has 1 aromatic heterocycles. The Morgan fingerprint density at radius 1 is 0.950 bits per heavy atom. The number of carbonyl (C=O) groups is 1. The largest absolute Gasteiger partial charge is 0.506 e. The van der Waals surface area contributed by atoms with Gasteiger partial charge in [-0.3, -0.25) is 5.10 Å². The maximum absolute atomic E-state index is 13.6. The molecule has 6 nitrogen and oxygen atoms in total. The Labute approximate surface area is 228 Å². The van der Waals surface area contributed by atoms with Gasteiger partial charge in [-0.25, -0.2) is 4.79 Å². The number of nitrogens with one attached hydrogen (secondary N) is 1. The van der Waals surface area contributed by atoms with E-state index in [9.17, 15) is 36.2 Å². The zero-order chi connectivity index (χ0) is 29.2. The number of ether oxygens (including phenoxy) is 2. The first kappa shape index (κ1) is 28.8. The monoisotopic (exact) mass is 584 g/mol. The van der Waals surface area contributed by atoms with E-state index >= 15 is 0 Å². The molecule has 0 saturated heterocycles. The average molecular weight is 585 g/mol. The number of phenols is 1. The number of alkyl halides is 6. The Bertz CT molecular complexity index is 1500. The van der Waals surface area contributed by atoms with Gasteiger partial charge in [0.25, 0.3) is 0 Å². The summed E-state index contributed by atoms with van der Waals surface area (Å²) in [4.78, 5) is 12.0. The highest BCUT2D eigenvalue weighted by Crippen LogP contribution is 2.47. The lowest BCUT2D eigenvalue weighted by Crippen LogP contribution is -2.11. The minimum atomic E-state index is -5.12. The minimum absolute atomic E-state index is 0.0159. The number of aromatic hydroxyl groups is 1. The van der Waals surface area contributed by atoms with Crippen LogP contribution in [0.1, 0.15) is 34.1 Å². The van der Waals surface area contributed by atoms with Gasteiger partial charge in [0.2, 0.25) is 0 Å². The van der Waals surface area contributed by atoms with Crippen LogP contribution in [0.5, 0.6) is 11.5 Å². The van der Waals surface area contributed by atoms with Crippen LogP contribution in [0, 0.1) is 0 Å². The number of phenolic OH excluding ortho intramolecular Hbond substituents is 1. The molecule has 210 valence electrons. The van der Waals surface area contributed by atoms with Crippen LogP contribution in [0.3, 0.4) is 0 Å². The van der Waals surface area contributed by atoms with Crippen LogP contribution in [0.25, 0.3) is 22.4 Å². The summed E-state index contributed by atoms with van der Waals surface area (Å²) in [6.45, 7) is 1.50. The van der Waals surface area contributed by atoms with Crippen LogP contribution in [0.2, 0.25) is 5.02 Å². The maximum atomic E-state index is 13.6. The second-order valence-electron chi connectivity index (χ2n) is 8.43. The number of hydrogen-bond acceptors (Lipinski definition) is 5. The van der Waals surface area contributed by atoms with Gasteiger partial charge in [0.1, 0.15) is 23.8 Å². The third-order valence-corrected chi connectivity index (χ3v) is 5.92. The summed E-state index contributed by atoms with van der Waals surface area (Å²) in [6, 6.07) is 11.1. The molecule has 0 fully saturated rings. The van der Waals surface area contributed by atoms with Crippen molar-refractivity contribution in [2.24, 2.45) is 0 Å². The number of halogens is 7. The molecule has 0 saturated carbocycles. The quantitative estimate of drug-likeness (QED) is 0.170. The van der Waals surface area contributed by atoms with Crippen molar-refractivity contribution in [1.82, 2.24) is 10.2 Å². The summed E-state index contributed by atoms with van der Waals surface area (Å²) >= 11 is 5.88. The highest BCUT2D eigenvalue weighted by atomic mass is 35.5. The Morgan fingerprint density at radius 2 is 1.57 bits per heavy atom. The van der Waals surface area contributed by atoms with Crippen LogP contribution in [-0.2, 0) is 23.7 Å². The SMILES string of the molecule is CCOC(=O)c1cc(-c2ccc(OCc3ccc(Cl)cc3)c(-c3cc(C(F)(F)F)cc(C(F)(F)F)c3)c2O)n[nH]1. The van der Waals surface area contributed by atoms with Gasteiger partial charge in [0.15, 0.2) is 0 Å². The van der Waals surface area contributed by atoms with Gasteiger partial charge in [-0.05, 0) is 66.6 Å². The van der Waals surface area contributed by atoms with Gasteiger partial charge in [0, 0.05) is 10.6 Å². The highest BCUT2D eigenvalue weighted by Gasteiger charge is 2.37. The van der Waals surface area contributed by atoms with E-state index in [4.69, 9.17) is 21.1 Å². The topological polar surface area (TPSA) is 84.4 Å². The fraction of sp³-hybridized carbons (Fsp3) is 0.185. The van der Waals surface area contributed by atoms with Crippen molar-refractivity contribution in [3.63, 3.8) is 0 Å². The lowest BCUT2D eigenvalue weighted by Gasteiger charge is -2.19. The number of carbonyl (C=O) groups excluding carboxylic acids is 1. The number of aromatic nitrogens is 2. The zero-order valence-electron chi connectivity index (χ0n) is 20.5. The summed E-state index contributed by atoms with van der Waals surface area (Å²) < 4.78 is 92.3. The standard InChI is InChI=1S/C27H19ClF6N2O4/c1-2-39-25(38)21-12-20(35-36-21)19-7-8-22(40-13-14-3-5-18(28)6-4-14)23(24(19)37)15-9-16(26(29,30)31)11-17(10-15)27(32,33)34/h3-12,37H,2,13H2,1H3,(H,35,36). The van der Waals surface area contributed by atoms with Crippen LogP contribution >= 0.6 is 11.6 Å². The minimum Gasteiger partial charge on any atom is -0.506 e. The molecule has 0 unspecified atom stereocenters. The fourth-order valence-corrected chi connectivity index (χ4v) is 3.92. The van der Waals surface area contributed by atoms with Gasteiger partial charge in [-0.1, -0.05) is 23.7 Å². The highest BCUT2D eigenvalue weighted by molar-refractivity contribution is 6.30. The van der Waals surface area contributed by atoms with Crippen molar-refractivity contribution in [2.75, 3.05) is 6.61 Å². The Hall–Kier alpha value is -4.19. The Kier molecular flexibility index (Phi) is 8.01. The molecule has 0 aliphatic heterocycles. The molecule has 0 spiro atoms. The summed E-state index contributed by atoms with van der Waals surface area (Å²) in [5, 5.41) is 18.0. The van der Waals surface area contributed by atoms with E-state index in [0.29, 0.717) is 22.7 Å². The van der Waals surface area contributed by atoms with Crippen molar-refractivity contribution in [3.8, 4) is 33.9 Å². The number of rotatable bonds is 7. The lowest BCUT2D eigenvalue weighted by atomic mass is 9.95. The molecule has 0 aliphatic rings. The molecule has 0 atom stereocenters. The van der Waals surface area contributed by atoms with Crippen molar-refractivity contribution < 1.29 is 45.7 Å². The summed E-state index contributed by atoms with van der Waals surface area (Å²) in [7, 11) is 0. The van der Waals surface area contributed by atoms with Crippen LogP contribution in [0.4, 0.5) is 26.3 Å². The first-order valence-electron chi connectivity index (χ1n) is 11.5. The van der Waals surface area contributed by atoms with E-state index in [1.54, 1.807) is 31.2 Å². The predicted octanol–water partition coefficient (Wildman–Crippen LogP) is 7.90. The van der Waals surface area contributed by atoms with E-state index < -0.39 is 46.3 Å². The van der Waals surface area contributed by atoms with Gasteiger partial charge in [-0.2, -0.15) is 31.4 Å². The number of aromatic amines is 1. The second-order valence-corrected chi connectivity index (χ2v) is 8.87. The van der Waals surface area contributed by atoms with Gasteiger partial charge in [-0.15, -0.1) is 0 Å². The van der Waals surface area contributed by atoms with Crippen LogP contribution < -0.4 is 4.74 Å². The normalized spacial score (nSPS) is 11.9. The maximum Gasteiger partial charge on any atom is 0.416 e. The predicted molar refractivity (Wildman–Crippen MR) is 133 cm³/mol. The molecule has 4 aromatic rings. The molecule has 3 aromatic carbocycles. The van der Waals surface area contributed by atoms with Gasteiger partial charge < -0.3 is 14.6 Å². The van der Waals surface area contributed by atoms with E-state index in [1.807, 2.05) is 0 Å². The molecular weight excluding hydrogens is 566 g/mol. The second kappa shape index (κ2) is 11.1. The van der Waals surface area contributed by atoms with E-state index in [2.05, 4.69) is 10.2 Å². The molecular formula is C27H19ClF6N2O4. The molecule has 0 bridgehead atoms. The fourth-order valence-electron chi connectivity index (χ4n) is 3.79. The number of nitrogens with zero attached hydrogens (tertiary/aromatic N) is 1. The van der Waals surface area contributed by atoms with Crippen molar-refractivity contribution in [2.45, 2.75) is 25.9 Å². The third kappa shape index (κ3) is 6.33. The summed E-state index contributed by atoms with van der Waals surface area (Å²) in [5.74, 6) is -1.68. The first-order chi connectivity index (χ1) is 18.8. The molecule has 40 heavy (non-hydrogen) atoms. The molecule has 0 amide bonds. The number of benzene rings is 3. The van der Waals surface area contributed by atoms with E-state index in [-0.39, 0.29) is 42.0 Å². The molecule has 1 heterocycles. The van der Waals surface area contributed by atoms with E-state index in [1.165, 1.54) is 18.2 Å². The van der Waals surface area contributed by atoms with Crippen molar-refractivity contribution >= 4 is 17.6 Å². The molecule has 0 radical (unpaired) electrons. The van der Waals surface area contributed by atoms with Crippen LogP contribution in [0.15, 0.2) is 60.7 Å². The molecule has 2 N–H and O–H groups in total. The average Bonchev–Trinajstić information content (AvgIpc) is 3.37. The molecule has 13 heteroatoms. The smallest absolute Gasteiger partial charge is 0.416 e. The zero-order valence-corrected chi connectivity index (χ0v) is 21.2. The lowest BCUT2D eigenvalue weighted by molar-refractivity contribution is -0.143. The first-order valence-corrected chi connectivity index (χ1v) is 11.9. The van der Waals surface area contributed by atoms with Crippen LogP contribution in [-0.4, -0.2) is 27.9 Å². The Balaban J connectivity index is 1.89. The van der Waals surface area contributed by atoms with Crippen molar-refractivity contribution in [1.29, 1.82) is 0 Å². The van der Waals surface area contributed by atoms with Gasteiger partial charge in [0.05, 0.1) is 29.0 Å². The Morgan fingerprint density at radius 3 is 2.15 bits per heavy atom. The molecule has 0 aliphatic carbocycles. The van der Waals surface area contributed by atoms with E-state index in [0.717, 1.165) is 0 Å². The third-order valence-electron chi connectivity index (χ3n) is 5.67.